The molecule has 78 valence electrons. The molecule has 2 nitrogen and oxygen atoms in total. The number of aliphatic hydroxyl groups excluding tert-OH is 2. The molecule has 0 spiro atoms. The Bertz CT molecular complexity index is 177. The predicted molar refractivity (Wildman–Crippen MR) is 55.5 cm³/mol. The average molecular weight is 186 g/mol. The van der Waals surface area contributed by atoms with Crippen molar-refractivity contribution in [3.63, 3.8) is 0 Å². The fourth-order valence-electron chi connectivity index (χ4n) is 2.10. The first-order valence-corrected chi connectivity index (χ1v) is 4.55. The third-order valence-electron chi connectivity index (χ3n) is 3.31. The summed E-state index contributed by atoms with van der Waals surface area (Å²) in [6, 6.07) is 0. The van der Waals surface area contributed by atoms with Gasteiger partial charge in [0.15, 0.2) is 0 Å². The van der Waals surface area contributed by atoms with Gasteiger partial charge in [0.1, 0.15) is 0 Å². The molecule has 0 aromatic heterocycles. The maximum atomic E-state index is 9.25. The van der Waals surface area contributed by atoms with Crippen molar-refractivity contribution in [2.24, 2.45) is 11.3 Å². The van der Waals surface area contributed by atoms with Crippen molar-refractivity contribution in [1.82, 2.24) is 0 Å². The van der Waals surface area contributed by atoms with Gasteiger partial charge in [0.25, 0.3) is 0 Å². The molecular formula is C11H22O2. The maximum absolute atomic E-state index is 9.25. The summed E-state index contributed by atoms with van der Waals surface area (Å²) in [5.41, 5.74) is 1.01. The second-order valence-corrected chi connectivity index (χ2v) is 3.93. The van der Waals surface area contributed by atoms with Crippen molar-refractivity contribution in [3.05, 3.63) is 12.2 Å². The van der Waals surface area contributed by atoms with E-state index < -0.39 is 0 Å². The largest absolute Gasteiger partial charge is 0.396 e. The van der Waals surface area contributed by atoms with Crippen LogP contribution in [0.4, 0.5) is 0 Å². The number of rotatable bonds is 3. The average Bonchev–Trinajstić information content (AvgIpc) is 2.34. The lowest BCUT2D eigenvalue weighted by Gasteiger charge is -2.30. The van der Waals surface area contributed by atoms with Gasteiger partial charge in [-0.05, 0) is 25.2 Å². The molecule has 0 radical (unpaired) electrons. The first-order valence-electron chi connectivity index (χ1n) is 4.55. The lowest BCUT2D eigenvalue weighted by atomic mass is 9.77. The molecule has 0 heterocycles. The molecule has 1 aliphatic carbocycles. The van der Waals surface area contributed by atoms with Gasteiger partial charge in [0.05, 0.1) is 6.61 Å². The van der Waals surface area contributed by atoms with Crippen molar-refractivity contribution in [2.45, 2.75) is 33.6 Å². The van der Waals surface area contributed by atoms with Crippen LogP contribution in [0.3, 0.4) is 0 Å². The Kier molecular flexibility index (Phi) is 4.65. The maximum Gasteiger partial charge on any atom is 0.0524 e. The molecule has 13 heavy (non-hydrogen) atoms. The first kappa shape index (κ1) is 12.7. The standard InChI is InChI=1S/C10H18O2.CH4/c1-8-3-4-9(5-6-11)10(8,2)7-12;/h9,11-12H,1,3-7H2,2H3;1H4/t9-,10?;/m1./s1. The van der Waals surface area contributed by atoms with Crippen molar-refractivity contribution < 1.29 is 10.2 Å². The Hall–Kier alpha value is -0.340. The predicted octanol–water partition coefficient (Wildman–Crippen LogP) is 1.97. The van der Waals surface area contributed by atoms with Gasteiger partial charge in [-0.1, -0.05) is 26.5 Å². The van der Waals surface area contributed by atoms with E-state index in [9.17, 15) is 5.11 Å². The van der Waals surface area contributed by atoms with E-state index in [1.54, 1.807) is 0 Å². The van der Waals surface area contributed by atoms with Gasteiger partial charge in [-0.25, -0.2) is 0 Å². The molecule has 0 amide bonds. The highest BCUT2D eigenvalue weighted by atomic mass is 16.3. The van der Waals surface area contributed by atoms with Crippen molar-refractivity contribution in [3.8, 4) is 0 Å². The molecule has 1 fully saturated rings. The number of hydrogen-bond donors (Lipinski definition) is 2. The molecule has 0 aliphatic heterocycles. The summed E-state index contributed by atoms with van der Waals surface area (Å²) in [6.45, 7) is 6.39. The van der Waals surface area contributed by atoms with Gasteiger partial charge >= 0.3 is 0 Å². The molecule has 0 bridgehead atoms. The molecule has 1 saturated carbocycles. The Morgan fingerprint density at radius 1 is 1.54 bits per heavy atom. The van der Waals surface area contributed by atoms with Crippen LogP contribution in [0.15, 0.2) is 12.2 Å². The zero-order valence-corrected chi connectivity index (χ0v) is 7.71. The van der Waals surface area contributed by atoms with Crippen LogP contribution in [-0.2, 0) is 0 Å². The molecule has 0 aromatic carbocycles. The van der Waals surface area contributed by atoms with Gasteiger partial charge in [-0.15, -0.1) is 0 Å². The quantitative estimate of drug-likeness (QED) is 0.662. The number of aliphatic hydroxyl groups is 2. The molecule has 1 rings (SSSR count). The summed E-state index contributed by atoms with van der Waals surface area (Å²) in [6.07, 6.45) is 2.86. The molecule has 0 aromatic rings. The van der Waals surface area contributed by atoms with Gasteiger partial charge in [0.2, 0.25) is 0 Å². The van der Waals surface area contributed by atoms with Gasteiger partial charge < -0.3 is 10.2 Å². The monoisotopic (exact) mass is 186 g/mol. The topological polar surface area (TPSA) is 40.5 Å². The second-order valence-electron chi connectivity index (χ2n) is 3.93. The van der Waals surface area contributed by atoms with Crippen LogP contribution >= 0.6 is 0 Å². The summed E-state index contributed by atoms with van der Waals surface area (Å²) in [5, 5.41) is 18.1. The summed E-state index contributed by atoms with van der Waals surface area (Å²) in [7, 11) is 0. The van der Waals surface area contributed by atoms with Crippen LogP contribution < -0.4 is 0 Å². The zero-order chi connectivity index (χ0) is 9.19. The lowest BCUT2D eigenvalue weighted by Crippen LogP contribution is -2.28. The van der Waals surface area contributed by atoms with Crippen LogP contribution in [0.2, 0.25) is 0 Å². The highest BCUT2D eigenvalue weighted by molar-refractivity contribution is 5.16. The molecule has 0 saturated heterocycles. The van der Waals surface area contributed by atoms with E-state index >= 15 is 0 Å². The van der Waals surface area contributed by atoms with Crippen molar-refractivity contribution in [1.29, 1.82) is 0 Å². The van der Waals surface area contributed by atoms with E-state index in [0.29, 0.717) is 5.92 Å². The Balaban J connectivity index is 0.00000144. The molecule has 1 unspecified atom stereocenters. The third-order valence-corrected chi connectivity index (χ3v) is 3.31. The van der Waals surface area contributed by atoms with Crippen LogP contribution in [0.5, 0.6) is 0 Å². The van der Waals surface area contributed by atoms with Gasteiger partial charge in [-0.2, -0.15) is 0 Å². The SMILES string of the molecule is C.C=C1CC[C@H](CCO)C1(C)CO. The zero-order valence-electron chi connectivity index (χ0n) is 7.71. The van der Waals surface area contributed by atoms with Crippen LogP contribution in [-0.4, -0.2) is 23.4 Å². The normalized spacial score (nSPS) is 33.2. The van der Waals surface area contributed by atoms with Crippen LogP contribution in [0.25, 0.3) is 0 Å². The molecule has 2 N–H and O–H groups in total. The Morgan fingerprint density at radius 2 is 2.15 bits per heavy atom. The van der Waals surface area contributed by atoms with E-state index in [1.807, 2.05) is 6.92 Å². The van der Waals surface area contributed by atoms with Crippen LogP contribution in [0, 0.1) is 11.3 Å². The van der Waals surface area contributed by atoms with Crippen molar-refractivity contribution >= 4 is 0 Å². The number of hydrogen-bond acceptors (Lipinski definition) is 2. The van der Waals surface area contributed by atoms with Crippen molar-refractivity contribution in [2.75, 3.05) is 13.2 Å². The fourth-order valence-corrected chi connectivity index (χ4v) is 2.10. The highest BCUT2D eigenvalue weighted by Gasteiger charge is 2.40. The minimum Gasteiger partial charge on any atom is -0.396 e. The highest BCUT2D eigenvalue weighted by Crippen LogP contribution is 2.47. The summed E-state index contributed by atoms with van der Waals surface area (Å²) in [5.74, 6) is 0.417. The smallest absolute Gasteiger partial charge is 0.0524 e. The minimum absolute atomic E-state index is 0. The molecule has 1 aliphatic rings. The molecular weight excluding hydrogens is 164 g/mol. The minimum atomic E-state index is -0.136. The van der Waals surface area contributed by atoms with Crippen LogP contribution in [0.1, 0.15) is 33.6 Å². The van der Waals surface area contributed by atoms with Gasteiger partial charge in [0, 0.05) is 12.0 Å². The summed E-state index contributed by atoms with van der Waals surface area (Å²) in [4.78, 5) is 0. The first-order chi connectivity index (χ1) is 5.65. The summed E-state index contributed by atoms with van der Waals surface area (Å²) < 4.78 is 0. The Labute approximate surface area is 81.3 Å². The second kappa shape index (κ2) is 4.77. The van der Waals surface area contributed by atoms with E-state index in [1.165, 1.54) is 0 Å². The fraction of sp³-hybridized carbons (Fsp3) is 0.818. The van der Waals surface area contributed by atoms with E-state index in [-0.39, 0.29) is 26.1 Å². The van der Waals surface area contributed by atoms with E-state index in [0.717, 1.165) is 24.8 Å². The van der Waals surface area contributed by atoms with E-state index in [4.69, 9.17) is 5.11 Å². The third kappa shape index (κ3) is 2.12. The van der Waals surface area contributed by atoms with E-state index in [2.05, 4.69) is 6.58 Å². The Morgan fingerprint density at radius 3 is 2.62 bits per heavy atom. The molecule has 2 atom stereocenters. The summed E-state index contributed by atoms with van der Waals surface area (Å²) >= 11 is 0. The lowest BCUT2D eigenvalue weighted by molar-refractivity contribution is 0.113. The molecule has 2 heteroatoms. The van der Waals surface area contributed by atoms with Gasteiger partial charge in [-0.3, -0.25) is 0 Å².